The Hall–Kier alpha value is -2.16. The van der Waals surface area contributed by atoms with Gasteiger partial charge in [0.1, 0.15) is 0 Å². The summed E-state index contributed by atoms with van der Waals surface area (Å²) in [6, 6.07) is 4.27. The number of hydrazone groups is 1. The number of aliphatic hydroxyl groups is 1. The molecule has 1 unspecified atom stereocenters. The van der Waals surface area contributed by atoms with Gasteiger partial charge in [-0.2, -0.15) is 18.3 Å². The summed E-state index contributed by atoms with van der Waals surface area (Å²) >= 11 is 0. The van der Waals surface area contributed by atoms with Gasteiger partial charge in [0, 0.05) is 24.8 Å². The molecule has 0 bridgehead atoms. The van der Waals surface area contributed by atoms with Crippen molar-refractivity contribution in [2.45, 2.75) is 18.3 Å². The zero-order chi connectivity index (χ0) is 14.3. The second-order valence-electron chi connectivity index (χ2n) is 3.90. The van der Waals surface area contributed by atoms with Crippen molar-refractivity contribution in [1.29, 1.82) is 0 Å². The van der Waals surface area contributed by atoms with Crippen molar-refractivity contribution in [2.75, 3.05) is 5.01 Å². The van der Waals surface area contributed by atoms with Gasteiger partial charge >= 0.3 is 6.18 Å². The van der Waals surface area contributed by atoms with Gasteiger partial charge in [0.05, 0.1) is 10.6 Å². The molecular weight excluding hydrogens is 267 g/mol. The number of anilines is 1. The number of halogens is 3. The molecule has 0 fully saturated rings. The lowest BCUT2D eigenvalue weighted by molar-refractivity contribution is -0.384. The van der Waals surface area contributed by atoms with E-state index in [0.29, 0.717) is 5.01 Å². The molecule has 1 aromatic carbocycles. The van der Waals surface area contributed by atoms with Gasteiger partial charge in [0.15, 0.2) is 0 Å². The number of benzene rings is 1. The molecular formula is C10H8F3N3O3. The smallest absolute Gasteiger partial charge is 0.362 e. The van der Waals surface area contributed by atoms with Gasteiger partial charge in [-0.3, -0.25) is 10.1 Å². The number of rotatable bonds is 2. The summed E-state index contributed by atoms with van der Waals surface area (Å²) in [4.78, 5) is 9.78. The standard InChI is InChI=1S/C10H8F3N3O3/c11-10(12,13)9(17)5-6-14-15(9)7-1-3-8(4-2-7)16(18)19/h1-4,6,17H,5H2. The van der Waals surface area contributed by atoms with E-state index < -0.39 is 23.2 Å². The Labute approximate surface area is 104 Å². The van der Waals surface area contributed by atoms with Crippen LogP contribution in [0.25, 0.3) is 0 Å². The van der Waals surface area contributed by atoms with Crippen LogP contribution in [0, 0.1) is 10.1 Å². The minimum absolute atomic E-state index is 0.0841. The molecule has 1 N–H and O–H groups in total. The molecule has 102 valence electrons. The van der Waals surface area contributed by atoms with Crippen molar-refractivity contribution in [2.24, 2.45) is 5.10 Å². The third kappa shape index (κ3) is 2.12. The lowest BCUT2D eigenvalue weighted by atomic mass is 10.1. The van der Waals surface area contributed by atoms with Crippen molar-refractivity contribution in [3.63, 3.8) is 0 Å². The van der Waals surface area contributed by atoms with Crippen LogP contribution in [0.2, 0.25) is 0 Å². The van der Waals surface area contributed by atoms with E-state index in [0.717, 1.165) is 30.5 Å². The van der Waals surface area contributed by atoms with E-state index in [4.69, 9.17) is 0 Å². The highest BCUT2D eigenvalue weighted by Crippen LogP contribution is 2.41. The third-order valence-corrected chi connectivity index (χ3v) is 2.68. The maximum absolute atomic E-state index is 12.8. The summed E-state index contributed by atoms with van der Waals surface area (Å²) in [6.07, 6.45) is -4.66. The number of nitro groups is 1. The molecule has 0 aliphatic carbocycles. The Morgan fingerprint density at radius 1 is 1.37 bits per heavy atom. The first-order valence-corrected chi connectivity index (χ1v) is 5.12. The number of alkyl halides is 3. The molecule has 0 amide bonds. The highest BCUT2D eigenvalue weighted by molar-refractivity contribution is 5.68. The summed E-state index contributed by atoms with van der Waals surface area (Å²) in [5.41, 5.74) is -3.47. The number of hydrogen-bond donors (Lipinski definition) is 1. The first kappa shape index (κ1) is 13.3. The van der Waals surface area contributed by atoms with E-state index in [9.17, 15) is 28.4 Å². The molecule has 6 nitrogen and oxygen atoms in total. The summed E-state index contributed by atoms with van der Waals surface area (Å²) < 4.78 is 38.4. The average Bonchev–Trinajstić information content (AvgIpc) is 2.72. The zero-order valence-electron chi connectivity index (χ0n) is 9.33. The van der Waals surface area contributed by atoms with E-state index in [1.807, 2.05) is 0 Å². The van der Waals surface area contributed by atoms with Crippen LogP contribution in [-0.4, -0.2) is 28.1 Å². The Morgan fingerprint density at radius 2 is 1.95 bits per heavy atom. The molecule has 19 heavy (non-hydrogen) atoms. The molecule has 0 saturated carbocycles. The Morgan fingerprint density at radius 3 is 2.42 bits per heavy atom. The number of hydrogen-bond acceptors (Lipinski definition) is 5. The predicted molar refractivity (Wildman–Crippen MR) is 59.7 cm³/mol. The summed E-state index contributed by atoms with van der Waals surface area (Å²) in [7, 11) is 0. The number of non-ortho nitro benzene ring substituents is 1. The second kappa shape index (κ2) is 4.19. The quantitative estimate of drug-likeness (QED) is 0.661. The molecule has 1 aromatic rings. The van der Waals surface area contributed by atoms with Crippen molar-refractivity contribution < 1.29 is 23.2 Å². The zero-order valence-corrected chi connectivity index (χ0v) is 9.33. The molecule has 9 heteroatoms. The van der Waals surface area contributed by atoms with E-state index in [2.05, 4.69) is 5.10 Å². The number of nitrogens with zero attached hydrogens (tertiary/aromatic N) is 3. The maximum atomic E-state index is 12.8. The molecule has 1 atom stereocenters. The molecule has 0 radical (unpaired) electrons. The van der Waals surface area contributed by atoms with Gasteiger partial charge in [-0.05, 0) is 12.1 Å². The highest BCUT2D eigenvalue weighted by atomic mass is 19.4. The number of nitro benzene ring substituents is 1. The molecule has 1 aliphatic heterocycles. The summed E-state index contributed by atoms with van der Waals surface area (Å²) in [5.74, 6) is 0. The van der Waals surface area contributed by atoms with Gasteiger partial charge < -0.3 is 5.11 Å². The molecule has 0 saturated heterocycles. The van der Waals surface area contributed by atoms with Crippen LogP contribution in [0.15, 0.2) is 29.4 Å². The van der Waals surface area contributed by atoms with Crippen LogP contribution in [0.3, 0.4) is 0 Å². The Bertz CT molecular complexity index is 529. The topological polar surface area (TPSA) is 79.0 Å². The molecule has 0 aromatic heterocycles. The van der Waals surface area contributed by atoms with Gasteiger partial charge in [0.2, 0.25) is 0 Å². The maximum Gasteiger partial charge on any atom is 0.438 e. The van der Waals surface area contributed by atoms with E-state index >= 15 is 0 Å². The van der Waals surface area contributed by atoms with Gasteiger partial charge in [-0.15, -0.1) is 0 Å². The van der Waals surface area contributed by atoms with E-state index in [-0.39, 0.29) is 11.4 Å². The van der Waals surface area contributed by atoms with Crippen LogP contribution in [0.1, 0.15) is 6.42 Å². The fraction of sp³-hybridized carbons (Fsp3) is 0.300. The van der Waals surface area contributed by atoms with Crippen LogP contribution in [0.5, 0.6) is 0 Å². The fourth-order valence-electron chi connectivity index (χ4n) is 1.66. The minimum atomic E-state index is -4.90. The minimum Gasteiger partial charge on any atom is -0.362 e. The van der Waals surface area contributed by atoms with Crippen LogP contribution >= 0.6 is 0 Å². The van der Waals surface area contributed by atoms with Crippen LogP contribution < -0.4 is 5.01 Å². The second-order valence-corrected chi connectivity index (χ2v) is 3.90. The van der Waals surface area contributed by atoms with Crippen LogP contribution in [0.4, 0.5) is 24.5 Å². The van der Waals surface area contributed by atoms with Crippen molar-refractivity contribution in [3.8, 4) is 0 Å². The molecule has 1 heterocycles. The molecule has 2 rings (SSSR count). The monoisotopic (exact) mass is 275 g/mol. The molecule has 1 aliphatic rings. The lowest BCUT2D eigenvalue weighted by Crippen LogP contribution is -2.54. The SMILES string of the molecule is O=[N+]([O-])c1ccc(N2N=CCC2(O)C(F)(F)F)cc1. The fourth-order valence-corrected chi connectivity index (χ4v) is 1.66. The van der Waals surface area contributed by atoms with E-state index in [1.165, 1.54) is 0 Å². The van der Waals surface area contributed by atoms with Crippen LogP contribution in [-0.2, 0) is 0 Å². The van der Waals surface area contributed by atoms with E-state index in [1.54, 1.807) is 0 Å². The Kier molecular flexibility index (Phi) is 2.93. The summed E-state index contributed by atoms with van der Waals surface area (Å²) in [6.45, 7) is 0. The first-order chi connectivity index (χ1) is 8.75. The molecule has 0 spiro atoms. The normalized spacial score (nSPS) is 22.8. The first-order valence-electron chi connectivity index (χ1n) is 5.12. The van der Waals surface area contributed by atoms with Gasteiger partial charge in [-0.25, -0.2) is 5.01 Å². The third-order valence-electron chi connectivity index (χ3n) is 2.68. The predicted octanol–water partition coefficient (Wildman–Crippen LogP) is 2.04. The van der Waals surface area contributed by atoms with Gasteiger partial charge in [0.25, 0.3) is 11.4 Å². The van der Waals surface area contributed by atoms with Crippen molar-refractivity contribution in [3.05, 3.63) is 34.4 Å². The average molecular weight is 275 g/mol. The largest absolute Gasteiger partial charge is 0.438 e. The van der Waals surface area contributed by atoms with Gasteiger partial charge in [-0.1, -0.05) is 0 Å². The van der Waals surface area contributed by atoms with Crippen molar-refractivity contribution in [1.82, 2.24) is 0 Å². The Balaban J connectivity index is 2.35. The lowest BCUT2D eigenvalue weighted by Gasteiger charge is -2.33. The summed E-state index contributed by atoms with van der Waals surface area (Å²) in [5, 5.41) is 24.0. The highest BCUT2D eigenvalue weighted by Gasteiger charge is 2.60. The van der Waals surface area contributed by atoms with Crippen molar-refractivity contribution >= 4 is 17.6 Å².